The summed E-state index contributed by atoms with van der Waals surface area (Å²) in [5, 5.41) is 15.8. The first kappa shape index (κ1) is 25.0. The fourth-order valence-corrected chi connectivity index (χ4v) is 4.96. The van der Waals surface area contributed by atoms with Gasteiger partial charge in [-0.2, -0.15) is 0 Å². The zero-order valence-corrected chi connectivity index (χ0v) is 21.1. The minimum Gasteiger partial charge on any atom is -0.462 e. The highest BCUT2D eigenvalue weighted by molar-refractivity contribution is 7.99. The summed E-state index contributed by atoms with van der Waals surface area (Å²) in [6, 6.07) is 0. The maximum Gasteiger partial charge on any atom is 0.341 e. The van der Waals surface area contributed by atoms with Crippen LogP contribution in [-0.2, 0) is 27.9 Å². The van der Waals surface area contributed by atoms with Crippen LogP contribution in [0.2, 0.25) is 0 Å². The molecule has 0 radical (unpaired) electrons. The van der Waals surface area contributed by atoms with Crippen molar-refractivity contribution in [2.24, 2.45) is 7.05 Å². The molecule has 2 N–H and O–H groups in total. The molecule has 0 fully saturated rings. The van der Waals surface area contributed by atoms with Gasteiger partial charge in [-0.05, 0) is 38.8 Å². The van der Waals surface area contributed by atoms with Crippen LogP contribution in [0, 0.1) is 13.8 Å². The van der Waals surface area contributed by atoms with E-state index in [0.717, 1.165) is 28.4 Å². The van der Waals surface area contributed by atoms with Crippen LogP contribution in [0.3, 0.4) is 0 Å². The molecule has 0 aromatic carbocycles. The first-order chi connectivity index (χ1) is 15.8. The number of nitrogens with one attached hydrogen (secondary N) is 2. The van der Waals surface area contributed by atoms with Crippen molar-refractivity contribution in [2.75, 3.05) is 24.8 Å². The second kappa shape index (κ2) is 11.5. The maximum absolute atomic E-state index is 12.6. The Morgan fingerprint density at radius 2 is 2.12 bits per heavy atom. The van der Waals surface area contributed by atoms with E-state index < -0.39 is 5.97 Å². The number of allylic oxidation sites excluding steroid dienone is 1. The van der Waals surface area contributed by atoms with Crippen LogP contribution in [0.5, 0.6) is 0 Å². The molecule has 0 bridgehead atoms. The highest BCUT2D eigenvalue weighted by atomic mass is 32.2. The lowest BCUT2D eigenvalue weighted by molar-refractivity contribution is -0.113. The number of anilines is 1. The van der Waals surface area contributed by atoms with Crippen LogP contribution >= 0.6 is 23.1 Å². The zero-order chi connectivity index (χ0) is 24.0. The Labute approximate surface area is 201 Å². The summed E-state index contributed by atoms with van der Waals surface area (Å²) in [5.74, 6) is 0.257. The number of hydrogen-bond acceptors (Lipinski definition) is 9. The minimum absolute atomic E-state index is 0.120. The monoisotopic (exact) mass is 491 g/mol. The summed E-state index contributed by atoms with van der Waals surface area (Å²) >= 11 is 2.66. The SMILES string of the molecule is CCOC(=O)c1c(NC(=O)CSc2nnc(CNC3=CCC(OC)C=C3)n2C)sc(C)c1C. The zero-order valence-electron chi connectivity index (χ0n) is 19.4. The second-order valence-electron chi connectivity index (χ2n) is 7.38. The number of amides is 1. The molecule has 1 atom stereocenters. The van der Waals surface area contributed by atoms with Gasteiger partial charge in [0.15, 0.2) is 11.0 Å². The van der Waals surface area contributed by atoms with Gasteiger partial charge in [-0.3, -0.25) is 4.79 Å². The summed E-state index contributed by atoms with van der Waals surface area (Å²) in [6.45, 7) is 6.32. The maximum atomic E-state index is 12.6. The Balaban J connectivity index is 1.55. The molecule has 3 rings (SSSR count). The molecule has 9 nitrogen and oxygen atoms in total. The Morgan fingerprint density at radius 1 is 1.33 bits per heavy atom. The van der Waals surface area contributed by atoms with Crippen LogP contribution in [0.4, 0.5) is 5.00 Å². The lowest BCUT2D eigenvalue weighted by atomic mass is 10.1. The Morgan fingerprint density at radius 3 is 2.79 bits per heavy atom. The molecule has 11 heteroatoms. The number of nitrogens with zero attached hydrogens (tertiary/aromatic N) is 3. The predicted octanol–water partition coefficient (Wildman–Crippen LogP) is 3.35. The summed E-state index contributed by atoms with van der Waals surface area (Å²) in [6.07, 6.45) is 7.04. The topological polar surface area (TPSA) is 107 Å². The molecule has 0 spiro atoms. The average Bonchev–Trinajstić information content (AvgIpc) is 3.29. The third kappa shape index (κ3) is 6.24. The van der Waals surface area contributed by atoms with E-state index in [1.165, 1.54) is 23.1 Å². The molecule has 1 aliphatic carbocycles. The van der Waals surface area contributed by atoms with E-state index in [4.69, 9.17) is 9.47 Å². The van der Waals surface area contributed by atoms with Gasteiger partial charge in [0.25, 0.3) is 0 Å². The molecule has 1 unspecified atom stereocenters. The number of carbonyl (C=O) groups excluding carboxylic acids is 2. The third-order valence-electron chi connectivity index (χ3n) is 5.19. The van der Waals surface area contributed by atoms with Gasteiger partial charge in [0.1, 0.15) is 5.00 Å². The standard InChI is InChI=1S/C22H29N5O4S2/c1-6-31-21(29)19-13(2)14(3)33-20(19)24-18(28)12-32-22-26-25-17(27(22)4)11-23-15-7-9-16(30-5)10-8-15/h7-9,16,23H,6,10-12H2,1-5H3,(H,24,28). The van der Waals surface area contributed by atoms with Gasteiger partial charge in [0, 0.05) is 24.7 Å². The van der Waals surface area contributed by atoms with Gasteiger partial charge in [-0.1, -0.05) is 23.9 Å². The molecule has 0 saturated heterocycles. The number of thiophene rings is 1. The van der Waals surface area contributed by atoms with Gasteiger partial charge in [0.05, 0.1) is 30.6 Å². The predicted molar refractivity (Wildman–Crippen MR) is 130 cm³/mol. The summed E-state index contributed by atoms with van der Waals surface area (Å²) < 4.78 is 12.3. The second-order valence-corrected chi connectivity index (χ2v) is 9.55. The molecule has 2 aromatic rings. The van der Waals surface area contributed by atoms with Crippen LogP contribution in [0.1, 0.15) is 40.0 Å². The molecule has 0 saturated carbocycles. The minimum atomic E-state index is -0.423. The van der Waals surface area contributed by atoms with E-state index in [-0.39, 0.29) is 24.4 Å². The number of aryl methyl sites for hydroxylation is 1. The van der Waals surface area contributed by atoms with E-state index in [1.54, 1.807) is 14.0 Å². The van der Waals surface area contributed by atoms with E-state index >= 15 is 0 Å². The fourth-order valence-electron chi connectivity index (χ4n) is 3.17. The van der Waals surface area contributed by atoms with Crippen LogP contribution in [-0.4, -0.2) is 52.2 Å². The van der Waals surface area contributed by atoms with Crippen LogP contribution < -0.4 is 10.6 Å². The number of rotatable bonds is 10. The fraction of sp³-hybridized carbons (Fsp3) is 0.455. The smallest absolute Gasteiger partial charge is 0.341 e. The molecule has 178 valence electrons. The van der Waals surface area contributed by atoms with Gasteiger partial charge in [-0.25, -0.2) is 4.79 Å². The van der Waals surface area contributed by atoms with Crippen molar-refractivity contribution < 1.29 is 19.1 Å². The van der Waals surface area contributed by atoms with E-state index in [2.05, 4.69) is 26.9 Å². The first-order valence-corrected chi connectivity index (χ1v) is 12.4. The molecule has 0 aliphatic heterocycles. The highest BCUT2D eigenvalue weighted by Gasteiger charge is 2.22. The lowest BCUT2D eigenvalue weighted by Crippen LogP contribution is -2.19. The number of esters is 1. The van der Waals surface area contributed by atoms with Crippen molar-refractivity contribution in [3.05, 3.63) is 45.8 Å². The van der Waals surface area contributed by atoms with Crippen LogP contribution in [0.25, 0.3) is 0 Å². The number of methoxy groups -OCH3 is 1. The molecule has 1 amide bonds. The Bertz CT molecular complexity index is 1070. The molecule has 1 aliphatic rings. The van der Waals surface area contributed by atoms with Gasteiger partial charge >= 0.3 is 5.97 Å². The number of aromatic nitrogens is 3. The third-order valence-corrected chi connectivity index (χ3v) is 7.33. The van der Waals surface area contributed by atoms with Crippen molar-refractivity contribution in [2.45, 2.75) is 45.0 Å². The highest BCUT2D eigenvalue weighted by Crippen LogP contribution is 2.33. The van der Waals surface area contributed by atoms with Crippen molar-refractivity contribution >= 4 is 40.0 Å². The van der Waals surface area contributed by atoms with Crippen molar-refractivity contribution in [1.29, 1.82) is 0 Å². The number of thioether (sulfide) groups is 1. The van der Waals surface area contributed by atoms with Gasteiger partial charge in [0.2, 0.25) is 5.91 Å². The number of hydrogen-bond donors (Lipinski definition) is 2. The quantitative estimate of drug-likeness (QED) is 0.385. The Kier molecular flexibility index (Phi) is 8.70. The molecule has 33 heavy (non-hydrogen) atoms. The molecular weight excluding hydrogens is 462 g/mol. The summed E-state index contributed by atoms with van der Waals surface area (Å²) in [7, 11) is 3.57. The van der Waals surface area contributed by atoms with Crippen molar-refractivity contribution in [3.8, 4) is 0 Å². The lowest BCUT2D eigenvalue weighted by Gasteiger charge is -2.15. The number of carbonyl (C=O) groups is 2. The largest absolute Gasteiger partial charge is 0.462 e. The summed E-state index contributed by atoms with van der Waals surface area (Å²) in [4.78, 5) is 25.8. The van der Waals surface area contributed by atoms with E-state index in [9.17, 15) is 9.59 Å². The summed E-state index contributed by atoms with van der Waals surface area (Å²) in [5.41, 5.74) is 2.26. The molecular formula is C22H29N5O4S2. The normalized spacial score (nSPS) is 15.3. The van der Waals surface area contributed by atoms with Crippen molar-refractivity contribution in [1.82, 2.24) is 20.1 Å². The van der Waals surface area contributed by atoms with Crippen molar-refractivity contribution in [3.63, 3.8) is 0 Å². The average molecular weight is 492 g/mol. The number of ether oxygens (including phenoxy) is 2. The molecule has 2 heterocycles. The van der Waals surface area contributed by atoms with E-state index in [0.29, 0.717) is 22.3 Å². The van der Waals surface area contributed by atoms with Gasteiger partial charge < -0.3 is 24.7 Å². The molecule has 2 aromatic heterocycles. The van der Waals surface area contributed by atoms with Gasteiger partial charge in [-0.15, -0.1) is 21.5 Å². The van der Waals surface area contributed by atoms with E-state index in [1.807, 2.05) is 37.6 Å². The first-order valence-electron chi connectivity index (χ1n) is 10.6. The van der Waals surface area contributed by atoms with Crippen LogP contribution in [0.15, 0.2) is 29.1 Å². The Hall–Kier alpha value is -2.63.